The average Bonchev–Trinajstić information content (AvgIpc) is 2.62. The Morgan fingerprint density at radius 1 is 1.15 bits per heavy atom. The number of hydrogen-bond acceptors (Lipinski definition) is 3. The van der Waals surface area contributed by atoms with Crippen LogP contribution in [0.5, 0.6) is 11.5 Å². The Balaban J connectivity index is 1.98. The van der Waals surface area contributed by atoms with Crippen molar-refractivity contribution >= 4 is 0 Å². The fourth-order valence-electron chi connectivity index (χ4n) is 3.20. The summed E-state index contributed by atoms with van der Waals surface area (Å²) >= 11 is 0. The van der Waals surface area contributed by atoms with Crippen molar-refractivity contribution in [3.05, 3.63) is 23.3 Å². The second-order valence-corrected chi connectivity index (χ2v) is 7.20. The monoisotopic (exact) mass is 275 g/mol. The van der Waals surface area contributed by atoms with Crippen LogP contribution >= 0.6 is 0 Å². The Morgan fingerprint density at radius 3 is 2.50 bits per heavy atom. The van der Waals surface area contributed by atoms with Crippen LogP contribution in [0.4, 0.5) is 0 Å². The van der Waals surface area contributed by atoms with E-state index in [0.717, 1.165) is 30.9 Å². The first kappa shape index (κ1) is 13.7. The van der Waals surface area contributed by atoms with Gasteiger partial charge in [-0.2, -0.15) is 0 Å². The highest BCUT2D eigenvalue weighted by Gasteiger charge is 2.29. The SMILES string of the molecule is CC1COc2cc3c(cc2OC1)C(N)CC(C)(C)CC3. The number of rotatable bonds is 0. The third kappa shape index (κ3) is 2.64. The third-order valence-corrected chi connectivity index (χ3v) is 4.50. The van der Waals surface area contributed by atoms with Gasteiger partial charge in [0.1, 0.15) is 0 Å². The lowest BCUT2D eigenvalue weighted by atomic mass is 9.83. The van der Waals surface area contributed by atoms with Gasteiger partial charge in [0, 0.05) is 12.0 Å². The van der Waals surface area contributed by atoms with Gasteiger partial charge in [0.05, 0.1) is 13.2 Å². The maximum Gasteiger partial charge on any atom is 0.161 e. The number of ether oxygens (including phenoxy) is 2. The molecule has 0 bridgehead atoms. The Bertz CT molecular complexity index is 510. The first-order chi connectivity index (χ1) is 9.44. The summed E-state index contributed by atoms with van der Waals surface area (Å²) in [5.74, 6) is 2.18. The maximum atomic E-state index is 6.43. The maximum absolute atomic E-state index is 6.43. The van der Waals surface area contributed by atoms with Crippen molar-refractivity contribution in [2.24, 2.45) is 17.1 Å². The largest absolute Gasteiger partial charge is 0.489 e. The Hall–Kier alpha value is -1.22. The molecule has 0 radical (unpaired) electrons. The second kappa shape index (κ2) is 4.96. The number of fused-ring (bicyclic) bond motifs is 2. The summed E-state index contributed by atoms with van der Waals surface area (Å²) in [5, 5.41) is 0. The fourth-order valence-corrected chi connectivity index (χ4v) is 3.20. The predicted octanol–water partition coefficient (Wildman–Crippen LogP) is 3.46. The molecule has 0 spiro atoms. The van der Waals surface area contributed by atoms with E-state index in [1.54, 1.807) is 0 Å². The van der Waals surface area contributed by atoms with Crippen LogP contribution in [-0.2, 0) is 6.42 Å². The molecule has 110 valence electrons. The van der Waals surface area contributed by atoms with Gasteiger partial charge in [-0.3, -0.25) is 0 Å². The second-order valence-electron chi connectivity index (χ2n) is 7.20. The van der Waals surface area contributed by atoms with Crippen LogP contribution in [0.1, 0.15) is 50.8 Å². The Kier molecular flexibility index (Phi) is 3.41. The van der Waals surface area contributed by atoms with Crippen molar-refractivity contribution in [3.8, 4) is 11.5 Å². The zero-order valence-electron chi connectivity index (χ0n) is 12.7. The minimum atomic E-state index is 0.0945. The fraction of sp³-hybridized carbons (Fsp3) is 0.647. The molecule has 0 amide bonds. The van der Waals surface area contributed by atoms with Crippen molar-refractivity contribution < 1.29 is 9.47 Å². The van der Waals surface area contributed by atoms with Gasteiger partial charge in [-0.15, -0.1) is 0 Å². The van der Waals surface area contributed by atoms with Crippen LogP contribution in [0.3, 0.4) is 0 Å². The highest BCUT2D eigenvalue weighted by Crippen LogP contribution is 2.42. The smallest absolute Gasteiger partial charge is 0.161 e. The summed E-state index contributed by atoms with van der Waals surface area (Å²) in [4.78, 5) is 0. The first-order valence-electron chi connectivity index (χ1n) is 7.63. The number of benzene rings is 1. The molecule has 2 atom stereocenters. The van der Waals surface area contributed by atoms with Crippen molar-refractivity contribution in [1.29, 1.82) is 0 Å². The summed E-state index contributed by atoms with van der Waals surface area (Å²) in [6.07, 6.45) is 3.27. The summed E-state index contributed by atoms with van der Waals surface area (Å²) < 4.78 is 11.8. The molecule has 3 rings (SSSR count). The molecular formula is C17H25NO2. The molecule has 2 aliphatic rings. The summed E-state index contributed by atoms with van der Waals surface area (Å²) in [6.45, 7) is 8.19. The van der Waals surface area contributed by atoms with E-state index >= 15 is 0 Å². The number of aryl methyl sites for hydroxylation is 1. The quantitative estimate of drug-likeness (QED) is 0.737. The van der Waals surface area contributed by atoms with Crippen LogP contribution in [-0.4, -0.2) is 13.2 Å². The minimum Gasteiger partial charge on any atom is -0.489 e. The highest BCUT2D eigenvalue weighted by atomic mass is 16.5. The summed E-state index contributed by atoms with van der Waals surface area (Å²) in [6, 6.07) is 4.37. The topological polar surface area (TPSA) is 44.5 Å². The van der Waals surface area contributed by atoms with Gasteiger partial charge in [-0.1, -0.05) is 20.8 Å². The van der Waals surface area contributed by atoms with Gasteiger partial charge in [0.2, 0.25) is 0 Å². The molecule has 1 aliphatic carbocycles. The summed E-state index contributed by atoms with van der Waals surface area (Å²) in [5.41, 5.74) is 9.30. The van der Waals surface area contributed by atoms with Crippen molar-refractivity contribution in [1.82, 2.24) is 0 Å². The molecule has 1 heterocycles. The van der Waals surface area contributed by atoms with Gasteiger partial charge < -0.3 is 15.2 Å². The molecular weight excluding hydrogens is 250 g/mol. The van der Waals surface area contributed by atoms with Crippen molar-refractivity contribution in [2.45, 2.75) is 46.1 Å². The van der Waals surface area contributed by atoms with E-state index in [9.17, 15) is 0 Å². The highest BCUT2D eigenvalue weighted by molar-refractivity contribution is 5.49. The molecule has 0 aromatic heterocycles. The molecule has 0 saturated heterocycles. The van der Waals surface area contributed by atoms with E-state index in [1.165, 1.54) is 17.5 Å². The lowest BCUT2D eigenvalue weighted by molar-refractivity contribution is 0.228. The predicted molar refractivity (Wildman–Crippen MR) is 80.2 cm³/mol. The van der Waals surface area contributed by atoms with Gasteiger partial charge in [-0.25, -0.2) is 0 Å². The van der Waals surface area contributed by atoms with Gasteiger partial charge in [0.25, 0.3) is 0 Å². The Labute approximate surface area is 121 Å². The molecule has 0 saturated carbocycles. The van der Waals surface area contributed by atoms with Crippen molar-refractivity contribution in [2.75, 3.05) is 13.2 Å². The zero-order chi connectivity index (χ0) is 14.3. The van der Waals surface area contributed by atoms with E-state index in [2.05, 4.69) is 32.9 Å². The van der Waals surface area contributed by atoms with E-state index in [-0.39, 0.29) is 6.04 Å². The van der Waals surface area contributed by atoms with Gasteiger partial charge in [-0.05, 0) is 47.9 Å². The molecule has 0 fully saturated rings. The molecule has 2 N–H and O–H groups in total. The standard InChI is InChI=1S/C17H25NO2/c1-11-9-19-15-6-12-4-5-17(2,3)8-14(18)13(12)7-16(15)20-10-11/h6-7,11,14H,4-5,8-10,18H2,1-3H3. The normalized spacial score (nSPS) is 28.2. The molecule has 2 unspecified atom stereocenters. The number of nitrogens with two attached hydrogens (primary N) is 1. The van der Waals surface area contributed by atoms with Crippen LogP contribution < -0.4 is 15.2 Å². The van der Waals surface area contributed by atoms with Crippen molar-refractivity contribution in [3.63, 3.8) is 0 Å². The molecule has 1 aromatic rings. The summed E-state index contributed by atoms with van der Waals surface area (Å²) in [7, 11) is 0. The van der Waals surface area contributed by atoms with Crippen LogP contribution in [0.2, 0.25) is 0 Å². The molecule has 3 nitrogen and oxygen atoms in total. The van der Waals surface area contributed by atoms with Crippen LogP contribution in [0.15, 0.2) is 12.1 Å². The van der Waals surface area contributed by atoms with E-state index in [4.69, 9.17) is 15.2 Å². The first-order valence-corrected chi connectivity index (χ1v) is 7.63. The molecule has 1 aromatic carbocycles. The third-order valence-electron chi connectivity index (χ3n) is 4.50. The number of hydrogen-bond donors (Lipinski definition) is 1. The average molecular weight is 275 g/mol. The molecule has 3 heteroatoms. The van der Waals surface area contributed by atoms with Gasteiger partial charge in [0.15, 0.2) is 11.5 Å². The zero-order valence-corrected chi connectivity index (χ0v) is 12.7. The van der Waals surface area contributed by atoms with Crippen LogP contribution in [0.25, 0.3) is 0 Å². The molecule has 1 aliphatic heterocycles. The van der Waals surface area contributed by atoms with E-state index in [0.29, 0.717) is 17.9 Å². The van der Waals surface area contributed by atoms with E-state index in [1.807, 2.05) is 0 Å². The Morgan fingerprint density at radius 2 is 1.80 bits per heavy atom. The lowest BCUT2D eigenvalue weighted by Gasteiger charge is -2.24. The minimum absolute atomic E-state index is 0.0945. The van der Waals surface area contributed by atoms with E-state index < -0.39 is 0 Å². The molecule has 20 heavy (non-hydrogen) atoms. The van der Waals surface area contributed by atoms with Gasteiger partial charge >= 0.3 is 0 Å². The van der Waals surface area contributed by atoms with Crippen LogP contribution in [0, 0.1) is 11.3 Å². The lowest BCUT2D eigenvalue weighted by Crippen LogP contribution is -2.19.